The molecule has 0 aromatic heterocycles. The summed E-state index contributed by atoms with van der Waals surface area (Å²) in [7, 11) is 0. The summed E-state index contributed by atoms with van der Waals surface area (Å²) < 4.78 is 0. The fourth-order valence-electron chi connectivity index (χ4n) is 1.49. The van der Waals surface area contributed by atoms with E-state index < -0.39 is 0 Å². The summed E-state index contributed by atoms with van der Waals surface area (Å²) in [5.41, 5.74) is 1.07. The third-order valence-electron chi connectivity index (χ3n) is 2.15. The van der Waals surface area contributed by atoms with E-state index in [1.807, 2.05) is 24.3 Å². The first kappa shape index (κ1) is 9.59. The van der Waals surface area contributed by atoms with Crippen molar-refractivity contribution in [2.75, 3.05) is 5.75 Å². The van der Waals surface area contributed by atoms with Crippen LogP contribution in [0.25, 0.3) is 0 Å². The van der Waals surface area contributed by atoms with E-state index in [1.165, 1.54) is 4.90 Å². The van der Waals surface area contributed by atoms with Crippen LogP contribution < -0.4 is 0 Å². The van der Waals surface area contributed by atoms with Gasteiger partial charge in [-0.2, -0.15) is 4.99 Å². The Morgan fingerprint density at radius 1 is 1.57 bits per heavy atom. The molecule has 1 unspecified atom stereocenters. The second kappa shape index (κ2) is 4.05. The molecule has 0 spiro atoms. The number of carbonyl (C=O) groups excluding carboxylic acids is 1. The summed E-state index contributed by atoms with van der Waals surface area (Å²) in [6.07, 6.45) is 0. The molecule has 2 rings (SSSR count). The molecule has 1 aliphatic heterocycles. The number of hydrogen-bond donors (Lipinski definition) is 0. The second-order valence-corrected chi connectivity index (χ2v) is 4.19. The zero-order chi connectivity index (χ0) is 9.97. The maximum absolute atomic E-state index is 11.5. The molecule has 0 aliphatic carbocycles. The van der Waals surface area contributed by atoms with E-state index in [4.69, 9.17) is 0 Å². The monoisotopic (exact) mass is 221 g/mol. The summed E-state index contributed by atoms with van der Waals surface area (Å²) in [5.74, 6) is 0.447. The summed E-state index contributed by atoms with van der Waals surface area (Å²) in [6.45, 7) is 0. The summed E-state index contributed by atoms with van der Waals surface area (Å²) in [6, 6.07) is 7.90. The highest BCUT2D eigenvalue weighted by atomic mass is 32.2. The first-order valence-corrected chi connectivity index (χ1v) is 5.56. The first-order chi connectivity index (χ1) is 6.83. The average molecular weight is 221 g/mol. The van der Waals surface area contributed by atoms with Crippen molar-refractivity contribution in [2.24, 2.45) is 4.99 Å². The molecule has 0 N–H and O–H groups in total. The van der Waals surface area contributed by atoms with Crippen molar-refractivity contribution >= 4 is 35.0 Å². The Morgan fingerprint density at radius 2 is 2.36 bits per heavy atom. The quantitative estimate of drug-likeness (QED) is 0.539. The van der Waals surface area contributed by atoms with Crippen LogP contribution in [0.4, 0.5) is 0 Å². The minimum Gasteiger partial charge on any atom is -0.271 e. The zero-order valence-electron chi connectivity index (χ0n) is 7.27. The number of fused-ring (bicyclic) bond motifs is 1. The maximum Gasteiger partial charge on any atom is 0.262 e. The Balaban J connectivity index is 2.34. The maximum atomic E-state index is 11.5. The van der Waals surface area contributed by atoms with Gasteiger partial charge in [-0.25, -0.2) is 0 Å². The van der Waals surface area contributed by atoms with Gasteiger partial charge in [0.05, 0.1) is 11.1 Å². The smallest absolute Gasteiger partial charge is 0.262 e. The number of nitrogens with zero attached hydrogens (tertiary/aromatic N) is 1. The van der Waals surface area contributed by atoms with Gasteiger partial charge in [-0.15, -0.1) is 11.8 Å². The van der Waals surface area contributed by atoms with Crippen LogP contribution in [0, 0.1) is 0 Å². The van der Waals surface area contributed by atoms with Crippen molar-refractivity contribution in [1.82, 2.24) is 0 Å². The lowest BCUT2D eigenvalue weighted by Crippen LogP contribution is -2.08. The number of benzene rings is 1. The molecule has 70 valence electrons. The van der Waals surface area contributed by atoms with E-state index in [0.29, 0.717) is 0 Å². The van der Waals surface area contributed by atoms with Gasteiger partial charge < -0.3 is 0 Å². The minimum atomic E-state index is -0.183. The van der Waals surface area contributed by atoms with Crippen LogP contribution in [0.1, 0.15) is 11.5 Å². The van der Waals surface area contributed by atoms with Crippen LogP contribution >= 0.6 is 24.0 Å². The molecular weight excluding hydrogens is 214 g/mol. The molecular formula is C10H7NOS2. The molecule has 1 aromatic carbocycles. The molecule has 1 atom stereocenters. The van der Waals surface area contributed by atoms with Crippen molar-refractivity contribution in [3.63, 3.8) is 0 Å². The van der Waals surface area contributed by atoms with Gasteiger partial charge in [0.1, 0.15) is 0 Å². The van der Waals surface area contributed by atoms with Crippen LogP contribution in [0.15, 0.2) is 34.2 Å². The highest BCUT2D eigenvalue weighted by molar-refractivity contribution is 7.99. The Morgan fingerprint density at radius 3 is 3.14 bits per heavy atom. The zero-order valence-corrected chi connectivity index (χ0v) is 8.90. The summed E-state index contributed by atoms with van der Waals surface area (Å²) in [4.78, 5) is 16.2. The molecule has 0 bridgehead atoms. The van der Waals surface area contributed by atoms with Crippen molar-refractivity contribution in [2.45, 2.75) is 10.8 Å². The van der Waals surface area contributed by atoms with Gasteiger partial charge in [-0.1, -0.05) is 18.2 Å². The summed E-state index contributed by atoms with van der Waals surface area (Å²) >= 11 is 6.11. The molecule has 1 amide bonds. The van der Waals surface area contributed by atoms with Crippen LogP contribution in [0.2, 0.25) is 0 Å². The number of isothiocyanates is 1. The number of thioether (sulfide) groups is 1. The third kappa shape index (κ3) is 1.64. The molecule has 1 aromatic rings. The molecule has 0 saturated heterocycles. The summed E-state index contributed by atoms with van der Waals surface area (Å²) in [5, 5.41) is 2.12. The highest BCUT2D eigenvalue weighted by Gasteiger charge is 2.28. The fraction of sp³-hybridized carbons (Fsp3) is 0.200. The number of carbonyl (C=O) groups is 1. The fourth-order valence-corrected chi connectivity index (χ4v) is 2.80. The molecule has 0 fully saturated rings. The Hall–Kier alpha value is -0.960. The van der Waals surface area contributed by atoms with E-state index in [1.54, 1.807) is 11.8 Å². The Kier molecular flexibility index (Phi) is 2.77. The molecule has 1 heterocycles. The van der Waals surface area contributed by atoms with E-state index in [-0.39, 0.29) is 11.8 Å². The van der Waals surface area contributed by atoms with Gasteiger partial charge in [-0.3, -0.25) is 4.79 Å². The van der Waals surface area contributed by atoms with Crippen LogP contribution in [-0.4, -0.2) is 16.8 Å². The minimum absolute atomic E-state index is 0.133. The number of amides is 1. The Bertz CT molecular complexity index is 424. The van der Waals surface area contributed by atoms with Gasteiger partial charge in [-0.05, 0) is 23.8 Å². The molecule has 2 nitrogen and oxygen atoms in total. The predicted octanol–water partition coefficient (Wildman–Crippen LogP) is 2.51. The lowest BCUT2D eigenvalue weighted by Gasteiger charge is -2.03. The SMILES string of the molecule is O=C(N=C=S)C1CSc2ccccc21. The number of rotatable bonds is 1. The second-order valence-electron chi connectivity index (χ2n) is 2.94. The van der Waals surface area contributed by atoms with E-state index in [9.17, 15) is 4.79 Å². The van der Waals surface area contributed by atoms with Crippen LogP contribution in [0.3, 0.4) is 0 Å². The molecule has 1 aliphatic rings. The van der Waals surface area contributed by atoms with Crippen molar-refractivity contribution in [3.8, 4) is 0 Å². The molecule has 0 saturated carbocycles. The molecule has 0 radical (unpaired) electrons. The van der Waals surface area contributed by atoms with Crippen LogP contribution in [0.5, 0.6) is 0 Å². The van der Waals surface area contributed by atoms with Gasteiger partial charge in [0.25, 0.3) is 5.91 Å². The molecule has 4 heteroatoms. The standard InChI is InChI=1S/C10H7NOS2/c12-10(11-6-13)8-5-14-9-4-2-1-3-7(8)9/h1-4,8H,5H2. The van der Waals surface area contributed by atoms with Gasteiger partial charge in [0.15, 0.2) is 0 Å². The lowest BCUT2D eigenvalue weighted by molar-refractivity contribution is -0.118. The topological polar surface area (TPSA) is 29.4 Å². The number of thiocarbonyl (C=S) groups is 1. The van der Waals surface area contributed by atoms with Gasteiger partial charge in [0, 0.05) is 10.6 Å². The largest absolute Gasteiger partial charge is 0.271 e. The lowest BCUT2D eigenvalue weighted by atomic mass is 10.0. The average Bonchev–Trinajstić information content (AvgIpc) is 2.61. The first-order valence-electron chi connectivity index (χ1n) is 4.16. The van der Waals surface area contributed by atoms with E-state index in [0.717, 1.165) is 11.3 Å². The van der Waals surface area contributed by atoms with E-state index in [2.05, 4.69) is 22.4 Å². The van der Waals surface area contributed by atoms with Crippen molar-refractivity contribution in [1.29, 1.82) is 0 Å². The van der Waals surface area contributed by atoms with Crippen LogP contribution in [-0.2, 0) is 4.79 Å². The van der Waals surface area contributed by atoms with Crippen molar-refractivity contribution < 1.29 is 4.79 Å². The highest BCUT2D eigenvalue weighted by Crippen LogP contribution is 2.39. The predicted molar refractivity (Wildman–Crippen MR) is 59.9 cm³/mol. The number of aliphatic imine (C=N–C) groups is 1. The van der Waals surface area contributed by atoms with Crippen molar-refractivity contribution in [3.05, 3.63) is 29.8 Å². The molecule has 14 heavy (non-hydrogen) atoms. The van der Waals surface area contributed by atoms with Gasteiger partial charge in [0.2, 0.25) is 0 Å². The number of hydrogen-bond acceptors (Lipinski definition) is 3. The van der Waals surface area contributed by atoms with Gasteiger partial charge >= 0.3 is 0 Å². The Labute approximate surface area is 91.4 Å². The third-order valence-corrected chi connectivity index (χ3v) is 3.43. The van der Waals surface area contributed by atoms with E-state index >= 15 is 0 Å². The normalized spacial score (nSPS) is 18.4.